The standard InChI is InChI=1S/C62H121N2O6P/c1-6-8-10-12-14-16-18-20-22-24-26-27-28-29-30-31-32-33-34-35-36-37-38-40-42-44-46-48-50-52-54-56-62(66)63-60(59-70-71(67,68)69-58-57-64(3,4)5)61(65)55-53-51-49-47-45-43-41-39-25-23-21-19-17-15-13-11-9-7-2/h18,20,24,26,53,55,60-61,65H,6-17,19,21-23,25,27-52,54,56-59H2,1-5H3,(H-,63,66,67,68)/b20-18-,26-24-,55-53+. The smallest absolute Gasteiger partial charge is 0.268 e. The van der Waals surface area contributed by atoms with Gasteiger partial charge in [0.1, 0.15) is 13.2 Å². The van der Waals surface area contributed by atoms with Crippen LogP contribution in [0.15, 0.2) is 36.5 Å². The van der Waals surface area contributed by atoms with E-state index in [0.29, 0.717) is 17.4 Å². The first-order chi connectivity index (χ1) is 34.5. The molecule has 0 aliphatic heterocycles. The molecule has 420 valence electrons. The van der Waals surface area contributed by atoms with Crippen LogP contribution in [0.2, 0.25) is 0 Å². The second kappa shape index (κ2) is 53.5. The summed E-state index contributed by atoms with van der Waals surface area (Å²) in [5.74, 6) is -0.192. The molecule has 8 nitrogen and oxygen atoms in total. The maximum atomic E-state index is 13.0. The number of allylic oxidation sites excluding steroid dienone is 5. The molecule has 0 radical (unpaired) electrons. The SMILES string of the molecule is CCCCCCC/C=C\C/C=C\CCCCCCCCCCCCCCCCCCCCCC(=O)NC(COP(=O)([O-])OCC[N+](C)(C)C)C(O)/C=C/CCCCCCCCCCCCCCCCCC. The topological polar surface area (TPSA) is 108 Å². The highest BCUT2D eigenvalue weighted by molar-refractivity contribution is 7.45. The molecule has 0 spiro atoms. The van der Waals surface area contributed by atoms with Crippen LogP contribution in [-0.4, -0.2) is 68.5 Å². The van der Waals surface area contributed by atoms with Crippen LogP contribution in [0.5, 0.6) is 0 Å². The van der Waals surface area contributed by atoms with Gasteiger partial charge in [-0.1, -0.05) is 281 Å². The molecule has 0 heterocycles. The number of rotatable bonds is 57. The van der Waals surface area contributed by atoms with Gasteiger partial charge in [0.2, 0.25) is 5.91 Å². The molecule has 71 heavy (non-hydrogen) atoms. The van der Waals surface area contributed by atoms with Crippen molar-refractivity contribution in [3.8, 4) is 0 Å². The zero-order valence-electron chi connectivity index (χ0n) is 47.9. The molecule has 0 aliphatic rings. The van der Waals surface area contributed by atoms with Gasteiger partial charge < -0.3 is 28.8 Å². The minimum absolute atomic E-state index is 0.000779. The van der Waals surface area contributed by atoms with E-state index in [1.807, 2.05) is 27.2 Å². The fourth-order valence-corrected chi connectivity index (χ4v) is 9.97. The van der Waals surface area contributed by atoms with Crippen LogP contribution in [0.3, 0.4) is 0 Å². The molecular weight excluding hydrogens is 900 g/mol. The Kier molecular flexibility index (Phi) is 52.6. The highest BCUT2D eigenvalue weighted by Crippen LogP contribution is 2.38. The van der Waals surface area contributed by atoms with Crippen molar-refractivity contribution in [1.29, 1.82) is 0 Å². The van der Waals surface area contributed by atoms with Crippen LogP contribution >= 0.6 is 7.82 Å². The van der Waals surface area contributed by atoms with E-state index < -0.39 is 20.0 Å². The van der Waals surface area contributed by atoms with Crippen molar-refractivity contribution in [3.05, 3.63) is 36.5 Å². The number of aliphatic hydroxyl groups excluding tert-OH is 1. The number of aliphatic hydroxyl groups is 1. The molecule has 9 heteroatoms. The monoisotopic (exact) mass is 1020 g/mol. The van der Waals surface area contributed by atoms with E-state index in [-0.39, 0.29) is 19.1 Å². The van der Waals surface area contributed by atoms with Crippen molar-refractivity contribution >= 4 is 13.7 Å². The zero-order valence-corrected chi connectivity index (χ0v) is 48.8. The van der Waals surface area contributed by atoms with Gasteiger partial charge >= 0.3 is 0 Å². The van der Waals surface area contributed by atoms with Crippen molar-refractivity contribution in [2.24, 2.45) is 0 Å². The summed E-state index contributed by atoms with van der Waals surface area (Å²) in [5, 5.41) is 13.9. The summed E-state index contributed by atoms with van der Waals surface area (Å²) in [6, 6.07) is -0.885. The Hall–Kier alpha value is -1.28. The van der Waals surface area contributed by atoms with E-state index in [4.69, 9.17) is 9.05 Å². The van der Waals surface area contributed by atoms with Crippen molar-refractivity contribution in [2.75, 3.05) is 40.9 Å². The Morgan fingerprint density at radius 1 is 0.493 bits per heavy atom. The van der Waals surface area contributed by atoms with Crippen molar-refractivity contribution in [2.45, 2.75) is 315 Å². The number of nitrogens with one attached hydrogen (secondary N) is 1. The molecule has 3 unspecified atom stereocenters. The number of likely N-dealkylation sites (N-methyl/N-ethyl adjacent to an activating group) is 1. The van der Waals surface area contributed by atoms with E-state index in [0.717, 1.165) is 44.9 Å². The first kappa shape index (κ1) is 69.7. The van der Waals surface area contributed by atoms with Crippen LogP contribution < -0.4 is 10.2 Å². The van der Waals surface area contributed by atoms with E-state index in [9.17, 15) is 19.4 Å². The number of carbonyl (C=O) groups is 1. The van der Waals surface area contributed by atoms with E-state index in [2.05, 4.69) is 43.5 Å². The minimum Gasteiger partial charge on any atom is -0.756 e. The quantitative estimate of drug-likeness (QED) is 0.0272. The first-order valence-corrected chi connectivity index (χ1v) is 32.3. The van der Waals surface area contributed by atoms with Gasteiger partial charge in [-0.25, -0.2) is 0 Å². The lowest BCUT2D eigenvalue weighted by molar-refractivity contribution is -0.870. The Morgan fingerprint density at radius 3 is 1.17 bits per heavy atom. The summed E-state index contributed by atoms with van der Waals surface area (Å²) in [7, 11) is 1.27. The molecule has 3 atom stereocenters. The maximum absolute atomic E-state index is 13.0. The third-order valence-electron chi connectivity index (χ3n) is 14.1. The molecule has 0 rings (SSSR count). The maximum Gasteiger partial charge on any atom is 0.268 e. The number of phosphoric ester groups is 1. The lowest BCUT2D eigenvalue weighted by atomic mass is 10.0. The number of hydrogen-bond acceptors (Lipinski definition) is 6. The van der Waals surface area contributed by atoms with Gasteiger partial charge in [-0.3, -0.25) is 9.36 Å². The molecule has 0 aromatic heterocycles. The average Bonchev–Trinajstić information content (AvgIpc) is 3.33. The second-order valence-corrected chi connectivity index (χ2v) is 23.8. The molecular formula is C62H121N2O6P. The number of carbonyl (C=O) groups excluding carboxylic acids is 1. The van der Waals surface area contributed by atoms with E-state index in [1.165, 1.54) is 238 Å². The predicted molar refractivity (Wildman–Crippen MR) is 307 cm³/mol. The van der Waals surface area contributed by atoms with Gasteiger partial charge in [0.15, 0.2) is 0 Å². The van der Waals surface area contributed by atoms with E-state index in [1.54, 1.807) is 6.08 Å². The predicted octanol–water partition coefficient (Wildman–Crippen LogP) is 18.3. The molecule has 0 saturated heterocycles. The Labute approximate surface area is 442 Å². The van der Waals surface area contributed by atoms with Crippen molar-refractivity contribution in [3.63, 3.8) is 0 Å². The van der Waals surface area contributed by atoms with Gasteiger partial charge in [-0.05, 0) is 51.4 Å². The van der Waals surface area contributed by atoms with Crippen LogP contribution in [0, 0.1) is 0 Å². The molecule has 0 bridgehead atoms. The molecule has 1 amide bonds. The van der Waals surface area contributed by atoms with E-state index >= 15 is 0 Å². The number of hydrogen-bond donors (Lipinski definition) is 2. The summed E-state index contributed by atoms with van der Waals surface area (Å²) in [5.41, 5.74) is 0. The summed E-state index contributed by atoms with van der Waals surface area (Å²) in [6.45, 7) is 4.68. The second-order valence-electron chi connectivity index (χ2n) is 22.4. The van der Waals surface area contributed by atoms with Crippen LogP contribution in [-0.2, 0) is 18.4 Å². The van der Waals surface area contributed by atoms with Crippen LogP contribution in [0.1, 0.15) is 303 Å². The third-order valence-corrected chi connectivity index (χ3v) is 15.1. The van der Waals surface area contributed by atoms with Gasteiger partial charge in [0.25, 0.3) is 7.82 Å². The summed E-state index contributed by atoms with van der Waals surface area (Å²) in [6.07, 6.45) is 69.5. The zero-order chi connectivity index (χ0) is 52.0. The number of unbranched alkanes of at least 4 members (excludes halogenated alkanes) is 40. The van der Waals surface area contributed by atoms with Gasteiger partial charge in [-0.15, -0.1) is 0 Å². The fraction of sp³-hybridized carbons (Fsp3) is 0.887. The lowest BCUT2D eigenvalue weighted by Crippen LogP contribution is -2.45. The molecule has 0 saturated carbocycles. The molecule has 2 N–H and O–H groups in total. The molecule has 0 aromatic rings. The highest BCUT2D eigenvalue weighted by Gasteiger charge is 2.23. The average molecular weight is 1020 g/mol. The molecule has 0 aliphatic carbocycles. The lowest BCUT2D eigenvalue weighted by Gasteiger charge is -2.29. The number of nitrogens with zero attached hydrogens (tertiary/aromatic N) is 1. The summed E-state index contributed by atoms with van der Waals surface area (Å²) in [4.78, 5) is 25.5. The largest absolute Gasteiger partial charge is 0.756 e. The third kappa shape index (κ3) is 56.3. The van der Waals surface area contributed by atoms with Gasteiger partial charge in [-0.2, -0.15) is 0 Å². The van der Waals surface area contributed by atoms with Crippen molar-refractivity contribution in [1.82, 2.24) is 5.32 Å². The number of phosphoric acid groups is 1. The fourth-order valence-electron chi connectivity index (χ4n) is 9.25. The Balaban J connectivity index is 4.07. The Bertz CT molecular complexity index is 1250. The minimum atomic E-state index is -4.60. The van der Waals surface area contributed by atoms with Crippen LogP contribution in [0.25, 0.3) is 0 Å². The van der Waals surface area contributed by atoms with Crippen molar-refractivity contribution < 1.29 is 32.9 Å². The normalized spacial score (nSPS) is 14.1. The summed E-state index contributed by atoms with van der Waals surface area (Å²) < 4.78 is 23.4. The van der Waals surface area contributed by atoms with Gasteiger partial charge in [0, 0.05) is 6.42 Å². The summed E-state index contributed by atoms with van der Waals surface area (Å²) >= 11 is 0. The van der Waals surface area contributed by atoms with Crippen LogP contribution in [0.4, 0.5) is 0 Å². The first-order valence-electron chi connectivity index (χ1n) is 30.9. The van der Waals surface area contributed by atoms with Gasteiger partial charge in [0.05, 0.1) is 39.9 Å². The Morgan fingerprint density at radius 2 is 0.817 bits per heavy atom. The molecule has 0 fully saturated rings. The molecule has 0 aromatic carbocycles. The number of quaternary nitrogens is 1. The number of amides is 1. The highest BCUT2D eigenvalue weighted by atomic mass is 31.2.